The number of rotatable bonds is 2. The van der Waals surface area contributed by atoms with Gasteiger partial charge in [-0.15, -0.1) is 0 Å². The van der Waals surface area contributed by atoms with Crippen molar-refractivity contribution in [2.24, 2.45) is 0 Å². The molecule has 1 spiro atoms. The predicted octanol–water partition coefficient (Wildman–Crippen LogP) is 1.55. The third-order valence-electron chi connectivity index (χ3n) is 3.85. The summed E-state index contributed by atoms with van der Waals surface area (Å²) in [6.45, 7) is 1.10. The second kappa shape index (κ2) is 4.74. The summed E-state index contributed by atoms with van der Waals surface area (Å²) in [6, 6.07) is 0. The summed E-state index contributed by atoms with van der Waals surface area (Å²) in [7, 11) is 0. The molecule has 0 aromatic heterocycles. The molecular weight excluding hydrogens is 235 g/mol. The van der Waals surface area contributed by atoms with Crippen molar-refractivity contribution in [2.45, 2.75) is 43.5 Å². The lowest BCUT2D eigenvalue weighted by molar-refractivity contribution is -0.216. The fourth-order valence-electron chi connectivity index (χ4n) is 2.86. The number of β-amino-alcohol motifs (C(OH)–C–C–N with tert-alkyl or cyclic N) is 1. The van der Waals surface area contributed by atoms with Gasteiger partial charge in [-0.1, -0.05) is 12.8 Å². The minimum Gasteiger partial charge on any atom is -0.382 e. The van der Waals surface area contributed by atoms with E-state index in [1.165, 1.54) is 0 Å². The van der Waals surface area contributed by atoms with E-state index < -0.39 is 12.3 Å². The van der Waals surface area contributed by atoms with Crippen molar-refractivity contribution in [1.29, 1.82) is 0 Å². The molecule has 1 aliphatic heterocycles. The van der Waals surface area contributed by atoms with Gasteiger partial charge in [0.25, 0.3) is 0 Å². The molecule has 0 aromatic carbocycles. The normalized spacial score (nSPS) is 27.5. The highest BCUT2D eigenvalue weighted by Gasteiger charge is 2.46. The molecule has 0 aromatic rings. The first-order valence-corrected chi connectivity index (χ1v) is 6.02. The highest BCUT2D eigenvalue weighted by molar-refractivity contribution is 4.97. The van der Waals surface area contributed by atoms with Gasteiger partial charge in [-0.3, -0.25) is 4.90 Å². The van der Waals surface area contributed by atoms with Crippen LogP contribution in [0.25, 0.3) is 0 Å². The van der Waals surface area contributed by atoms with Crippen molar-refractivity contribution in [2.75, 3.05) is 26.3 Å². The highest BCUT2D eigenvalue weighted by Crippen LogP contribution is 2.38. The van der Waals surface area contributed by atoms with Crippen molar-refractivity contribution < 1.29 is 23.0 Å². The average Bonchev–Trinajstić information content (AvgIpc) is 2.70. The monoisotopic (exact) mass is 253 g/mol. The Morgan fingerprint density at radius 3 is 2.53 bits per heavy atom. The van der Waals surface area contributed by atoms with Crippen molar-refractivity contribution in [3.05, 3.63) is 0 Å². The Labute approximate surface area is 98.5 Å². The standard InChI is InChI=1S/C11H18F3NO2/c12-11(13,14)9(16)7-15-5-6-17-8-10(15)3-1-2-4-10/h9,16H,1-8H2. The molecule has 6 heteroatoms. The van der Waals surface area contributed by atoms with Crippen molar-refractivity contribution in [3.63, 3.8) is 0 Å². The van der Waals surface area contributed by atoms with Crippen LogP contribution in [0.1, 0.15) is 25.7 Å². The number of alkyl halides is 3. The minimum absolute atomic E-state index is 0.259. The van der Waals surface area contributed by atoms with Gasteiger partial charge in [0, 0.05) is 18.6 Å². The smallest absolute Gasteiger partial charge is 0.382 e. The quantitative estimate of drug-likeness (QED) is 0.810. The van der Waals surface area contributed by atoms with E-state index in [2.05, 4.69) is 0 Å². The van der Waals surface area contributed by atoms with E-state index in [9.17, 15) is 18.3 Å². The van der Waals surface area contributed by atoms with Crippen LogP contribution in [0.5, 0.6) is 0 Å². The predicted molar refractivity (Wildman–Crippen MR) is 55.7 cm³/mol. The fraction of sp³-hybridized carbons (Fsp3) is 1.00. The molecule has 2 aliphatic rings. The summed E-state index contributed by atoms with van der Waals surface area (Å²) < 4.78 is 42.5. The van der Waals surface area contributed by atoms with Crippen LogP contribution in [-0.2, 0) is 4.74 Å². The molecule has 0 bridgehead atoms. The Morgan fingerprint density at radius 1 is 1.29 bits per heavy atom. The summed E-state index contributed by atoms with van der Waals surface area (Å²) in [5.41, 5.74) is -0.259. The number of hydrogen-bond acceptors (Lipinski definition) is 3. The lowest BCUT2D eigenvalue weighted by atomic mass is 9.94. The molecule has 17 heavy (non-hydrogen) atoms. The third kappa shape index (κ3) is 2.74. The molecule has 1 aliphatic carbocycles. The molecule has 3 nitrogen and oxygen atoms in total. The Hall–Kier alpha value is -0.330. The van der Waals surface area contributed by atoms with Crippen LogP contribution >= 0.6 is 0 Å². The number of morpholine rings is 1. The molecule has 1 saturated carbocycles. The topological polar surface area (TPSA) is 32.7 Å². The second-order valence-corrected chi connectivity index (χ2v) is 4.99. The second-order valence-electron chi connectivity index (χ2n) is 4.99. The maximum absolute atomic E-state index is 12.4. The third-order valence-corrected chi connectivity index (χ3v) is 3.85. The molecule has 1 unspecified atom stereocenters. The molecule has 0 amide bonds. The first kappa shape index (κ1) is 13.1. The van der Waals surface area contributed by atoms with E-state index in [-0.39, 0.29) is 12.1 Å². The fourth-order valence-corrected chi connectivity index (χ4v) is 2.86. The van der Waals surface area contributed by atoms with Gasteiger partial charge in [0.2, 0.25) is 0 Å². The number of halogens is 3. The van der Waals surface area contributed by atoms with Gasteiger partial charge in [-0.2, -0.15) is 13.2 Å². The first-order chi connectivity index (χ1) is 7.94. The van der Waals surface area contributed by atoms with E-state index >= 15 is 0 Å². The van der Waals surface area contributed by atoms with E-state index in [0.29, 0.717) is 19.8 Å². The Morgan fingerprint density at radius 2 is 1.94 bits per heavy atom. The summed E-state index contributed by atoms with van der Waals surface area (Å²) >= 11 is 0. The number of hydrogen-bond donors (Lipinski definition) is 1. The number of ether oxygens (including phenoxy) is 1. The molecule has 1 atom stereocenters. The van der Waals surface area contributed by atoms with Crippen LogP contribution in [0.2, 0.25) is 0 Å². The van der Waals surface area contributed by atoms with Gasteiger partial charge >= 0.3 is 6.18 Å². The Bertz CT molecular complexity index is 264. The summed E-state index contributed by atoms with van der Waals surface area (Å²) in [6.07, 6.45) is -2.98. The maximum atomic E-state index is 12.4. The zero-order chi connectivity index (χ0) is 12.5. The van der Waals surface area contributed by atoms with Crippen molar-refractivity contribution in [1.82, 2.24) is 4.90 Å². The van der Waals surface area contributed by atoms with E-state index in [4.69, 9.17) is 4.74 Å². The highest BCUT2D eigenvalue weighted by atomic mass is 19.4. The molecule has 0 radical (unpaired) electrons. The Balaban J connectivity index is 2.02. The Kier molecular flexibility index (Phi) is 3.66. The van der Waals surface area contributed by atoms with Gasteiger partial charge in [-0.25, -0.2) is 0 Å². The van der Waals surface area contributed by atoms with Gasteiger partial charge in [-0.05, 0) is 12.8 Å². The van der Waals surface area contributed by atoms with Crippen LogP contribution in [0.4, 0.5) is 13.2 Å². The molecule has 2 rings (SSSR count). The van der Waals surface area contributed by atoms with Gasteiger partial charge < -0.3 is 9.84 Å². The van der Waals surface area contributed by atoms with E-state index in [1.807, 2.05) is 0 Å². The minimum atomic E-state index is -4.53. The summed E-state index contributed by atoms with van der Waals surface area (Å²) in [4.78, 5) is 1.78. The van der Waals surface area contributed by atoms with Gasteiger partial charge in [0.1, 0.15) is 0 Å². The number of aliphatic hydroxyl groups is 1. The van der Waals surface area contributed by atoms with Crippen LogP contribution in [0.3, 0.4) is 0 Å². The van der Waals surface area contributed by atoms with Crippen LogP contribution in [-0.4, -0.2) is 54.1 Å². The lowest BCUT2D eigenvalue weighted by Gasteiger charge is -2.45. The molecular formula is C11H18F3NO2. The lowest BCUT2D eigenvalue weighted by Crippen LogP contribution is -2.58. The summed E-state index contributed by atoms with van der Waals surface area (Å²) in [5.74, 6) is 0. The molecule has 1 N–H and O–H groups in total. The molecule has 1 heterocycles. The van der Waals surface area contributed by atoms with E-state index in [0.717, 1.165) is 25.7 Å². The molecule has 2 fully saturated rings. The van der Waals surface area contributed by atoms with Crippen molar-refractivity contribution >= 4 is 0 Å². The SMILES string of the molecule is OC(CN1CCOCC12CCCC2)C(F)(F)F. The zero-order valence-electron chi connectivity index (χ0n) is 9.67. The molecule has 100 valence electrons. The van der Waals surface area contributed by atoms with Crippen LogP contribution in [0, 0.1) is 0 Å². The maximum Gasteiger partial charge on any atom is 0.415 e. The largest absolute Gasteiger partial charge is 0.415 e. The first-order valence-electron chi connectivity index (χ1n) is 6.02. The van der Waals surface area contributed by atoms with Crippen LogP contribution < -0.4 is 0 Å². The van der Waals surface area contributed by atoms with Crippen LogP contribution in [0.15, 0.2) is 0 Å². The van der Waals surface area contributed by atoms with Gasteiger partial charge in [0.05, 0.1) is 13.2 Å². The summed E-state index contributed by atoms with van der Waals surface area (Å²) in [5, 5.41) is 9.17. The number of aliphatic hydroxyl groups excluding tert-OH is 1. The van der Waals surface area contributed by atoms with E-state index in [1.54, 1.807) is 4.90 Å². The number of nitrogens with zero attached hydrogens (tertiary/aromatic N) is 1. The molecule has 1 saturated heterocycles. The van der Waals surface area contributed by atoms with Gasteiger partial charge in [0.15, 0.2) is 6.10 Å². The average molecular weight is 253 g/mol. The van der Waals surface area contributed by atoms with Crippen molar-refractivity contribution in [3.8, 4) is 0 Å². The zero-order valence-corrected chi connectivity index (χ0v) is 9.67.